The standard InChI is InChI=1S/C30H32N10/c1-30(2)17-31-12-11-24(30)36-28-26-22(19-8-9-19)15-32-16-23(26)35-27(38-28)20-10-13-33-25(14-20)37-29-34-18-40(39-29)21-6-4-3-5-7-21/h3-7,10,13-16,18-19,24,31H,8-9,11-12,17H2,1-2H3,(H,33,37,39)(H,35,36,38). The van der Waals surface area contributed by atoms with Crippen molar-refractivity contribution >= 4 is 28.5 Å². The average Bonchev–Trinajstić information content (AvgIpc) is 3.72. The van der Waals surface area contributed by atoms with E-state index in [0.29, 0.717) is 29.6 Å². The van der Waals surface area contributed by atoms with Crippen molar-refractivity contribution in [3.63, 3.8) is 0 Å². The summed E-state index contributed by atoms with van der Waals surface area (Å²) >= 11 is 0. The smallest absolute Gasteiger partial charge is 0.248 e. The van der Waals surface area contributed by atoms with Gasteiger partial charge in [-0.3, -0.25) is 4.98 Å². The number of fused-ring (bicyclic) bond motifs is 1. The zero-order chi connectivity index (χ0) is 27.1. The van der Waals surface area contributed by atoms with Crippen LogP contribution in [0.4, 0.5) is 17.6 Å². The molecule has 3 N–H and O–H groups in total. The number of aromatic nitrogens is 7. The fourth-order valence-corrected chi connectivity index (χ4v) is 5.43. The highest BCUT2D eigenvalue weighted by atomic mass is 15.4. The first-order chi connectivity index (χ1) is 19.5. The molecule has 1 aromatic carbocycles. The van der Waals surface area contributed by atoms with Crippen molar-refractivity contribution in [2.24, 2.45) is 5.41 Å². The van der Waals surface area contributed by atoms with Crippen molar-refractivity contribution in [3.8, 4) is 17.1 Å². The Hall–Kier alpha value is -4.44. The Labute approximate surface area is 232 Å². The molecule has 10 heteroatoms. The van der Waals surface area contributed by atoms with Crippen molar-refractivity contribution in [2.45, 2.75) is 45.1 Å². The lowest BCUT2D eigenvalue weighted by Crippen LogP contribution is -2.49. The number of piperidine rings is 1. The van der Waals surface area contributed by atoms with Gasteiger partial charge in [-0.1, -0.05) is 32.0 Å². The predicted octanol–water partition coefficient (Wildman–Crippen LogP) is 5.09. The fraction of sp³-hybridized carbons (Fsp3) is 0.333. The lowest BCUT2D eigenvalue weighted by atomic mass is 9.80. The van der Waals surface area contributed by atoms with Crippen molar-refractivity contribution in [3.05, 3.63) is 72.9 Å². The van der Waals surface area contributed by atoms with Gasteiger partial charge in [-0.05, 0) is 67.0 Å². The molecule has 0 radical (unpaired) electrons. The van der Waals surface area contributed by atoms with Gasteiger partial charge in [-0.25, -0.2) is 19.6 Å². The van der Waals surface area contributed by atoms with Gasteiger partial charge >= 0.3 is 0 Å². The number of anilines is 3. The Morgan fingerprint density at radius 1 is 1.00 bits per heavy atom. The summed E-state index contributed by atoms with van der Waals surface area (Å²) in [6.07, 6.45) is 10.7. The van der Waals surface area contributed by atoms with Gasteiger partial charge in [0.2, 0.25) is 5.95 Å². The summed E-state index contributed by atoms with van der Waals surface area (Å²) in [6.45, 7) is 6.56. The number of hydrogen-bond donors (Lipinski definition) is 3. The van der Waals surface area contributed by atoms with E-state index in [1.165, 1.54) is 18.4 Å². The van der Waals surface area contributed by atoms with Crippen molar-refractivity contribution in [1.29, 1.82) is 0 Å². The van der Waals surface area contributed by atoms with E-state index in [1.807, 2.05) is 54.9 Å². The maximum Gasteiger partial charge on any atom is 0.248 e. The van der Waals surface area contributed by atoms with Crippen LogP contribution in [0.15, 0.2) is 67.4 Å². The molecular weight excluding hydrogens is 500 g/mol. The van der Waals surface area contributed by atoms with Crippen LogP contribution in [-0.4, -0.2) is 53.8 Å². The number of hydrogen-bond acceptors (Lipinski definition) is 9. The molecule has 1 atom stereocenters. The second-order valence-electron chi connectivity index (χ2n) is 11.3. The van der Waals surface area contributed by atoms with Gasteiger partial charge in [0.1, 0.15) is 18.0 Å². The molecule has 2 fully saturated rings. The van der Waals surface area contributed by atoms with Gasteiger partial charge in [0.15, 0.2) is 5.82 Å². The molecule has 1 aliphatic carbocycles. The molecule has 5 heterocycles. The third-order valence-electron chi connectivity index (χ3n) is 7.87. The van der Waals surface area contributed by atoms with Crippen LogP contribution < -0.4 is 16.0 Å². The van der Waals surface area contributed by atoms with Crippen LogP contribution in [0.1, 0.15) is 44.6 Å². The summed E-state index contributed by atoms with van der Waals surface area (Å²) in [5, 5.41) is 16.2. The molecule has 1 unspecified atom stereocenters. The summed E-state index contributed by atoms with van der Waals surface area (Å²) in [7, 11) is 0. The Bertz CT molecular complexity index is 1660. The number of nitrogens with one attached hydrogen (secondary N) is 3. The second kappa shape index (κ2) is 9.95. The van der Waals surface area contributed by atoms with Gasteiger partial charge in [0.05, 0.1) is 17.4 Å². The molecule has 0 spiro atoms. The molecule has 4 aromatic heterocycles. The van der Waals surface area contributed by atoms with Crippen LogP contribution in [0.5, 0.6) is 0 Å². The van der Waals surface area contributed by atoms with Crippen LogP contribution in [0.25, 0.3) is 28.0 Å². The van der Waals surface area contributed by atoms with Gasteiger partial charge in [0.25, 0.3) is 0 Å². The van der Waals surface area contributed by atoms with Crippen molar-refractivity contribution < 1.29 is 0 Å². The largest absolute Gasteiger partial charge is 0.366 e. The summed E-state index contributed by atoms with van der Waals surface area (Å²) in [5.74, 6) is 3.13. The van der Waals surface area contributed by atoms with Gasteiger partial charge in [-0.2, -0.15) is 4.98 Å². The third-order valence-corrected chi connectivity index (χ3v) is 7.87. The zero-order valence-corrected chi connectivity index (χ0v) is 22.7. The Morgan fingerprint density at radius 3 is 2.70 bits per heavy atom. The van der Waals surface area contributed by atoms with Crippen LogP contribution in [0.2, 0.25) is 0 Å². The first-order valence-corrected chi connectivity index (χ1v) is 13.9. The molecule has 5 aromatic rings. The topological polar surface area (TPSA) is 118 Å². The lowest BCUT2D eigenvalue weighted by Gasteiger charge is -2.40. The highest BCUT2D eigenvalue weighted by Gasteiger charge is 2.34. The van der Waals surface area contributed by atoms with E-state index in [2.05, 4.69) is 49.8 Å². The molecule has 0 amide bonds. The Morgan fingerprint density at radius 2 is 1.88 bits per heavy atom. The minimum Gasteiger partial charge on any atom is -0.366 e. The minimum absolute atomic E-state index is 0.0897. The molecule has 2 aliphatic rings. The van der Waals surface area contributed by atoms with Gasteiger partial charge < -0.3 is 16.0 Å². The van der Waals surface area contributed by atoms with Crippen LogP contribution in [0.3, 0.4) is 0 Å². The molecule has 1 saturated carbocycles. The minimum atomic E-state index is 0.0897. The maximum atomic E-state index is 5.13. The van der Waals surface area contributed by atoms with Crippen molar-refractivity contribution in [1.82, 2.24) is 40.0 Å². The number of rotatable bonds is 7. The predicted molar refractivity (Wildman–Crippen MR) is 156 cm³/mol. The highest BCUT2D eigenvalue weighted by Crippen LogP contribution is 2.44. The normalized spacial score (nSPS) is 18.5. The van der Waals surface area contributed by atoms with Gasteiger partial charge in [0, 0.05) is 35.9 Å². The molecule has 7 rings (SSSR count). The SMILES string of the molecule is CC1(C)CNCCC1Nc1nc(-c2ccnc(Nc3ncn(-c4ccccc4)n3)c2)nc2cncc(C3CC3)c12. The first-order valence-electron chi connectivity index (χ1n) is 13.9. The van der Waals surface area contributed by atoms with Crippen LogP contribution in [0, 0.1) is 5.41 Å². The number of benzene rings is 1. The Kier molecular flexibility index (Phi) is 6.11. The molecule has 10 nitrogen and oxygen atoms in total. The maximum absolute atomic E-state index is 5.13. The van der Waals surface area contributed by atoms with E-state index in [0.717, 1.165) is 47.5 Å². The highest BCUT2D eigenvalue weighted by molar-refractivity contribution is 5.93. The fourth-order valence-electron chi connectivity index (χ4n) is 5.43. The van der Waals surface area contributed by atoms with Crippen molar-refractivity contribution in [2.75, 3.05) is 23.7 Å². The molecule has 1 aliphatic heterocycles. The second-order valence-corrected chi connectivity index (χ2v) is 11.3. The summed E-state index contributed by atoms with van der Waals surface area (Å²) in [5.41, 5.74) is 3.98. The number of para-hydroxylation sites is 1. The summed E-state index contributed by atoms with van der Waals surface area (Å²) in [4.78, 5) is 23.6. The van der Waals surface area contributed by atoms with E-state index in [4.69, 9.17) is 9.97 Å². The van der Waals surface area contributed by atoms with E-state index in [-0.39, 0.29) is 5.41 Å². The van der Waals surface area contributed by atoms with Crippen LogP contribution in [-0.2, 0) is 0 Å². The number of nitrogens with zero attached hydrogens (tertiary/aromatic N) is 7. The molecule has 0 bridgehead atoms. The summed E-state index contributed by atoms with van der Waals surface area (Å²) in [6, 6.07) is 14.0. The number of pyridine rings is 2. The monoisotopic (exact) mass is 532 g/mol. The molecule has 202 valence electrons. The third kappa shape index (κ3) is 4.86. The van der Waals surface area contributed by atoms with E-state index >= 15 is 0 Å². The van der Waals surface area contributed by atoms with E-state index in [1.54, 1.807) is 17.2 Å². The van der Waals surface area contributed by atoms with Gasteiger partial charge in [-0.15, -0.1) is 5.10 Å². The Balaban J connectivity index is 1.24. The first kappa shape index (κ1) is 24.6. The molecule has 1 saturated heterocycles. The average molecular weight is 533 g/mol. The van der Waals surface area contributed by atoms with E-state index in [9.17, 15) is 0 Å². The summed E-state index contributed by atoms with van der Waals surface area (Å²) < 4.78 is 1.73. The zero-order valence-electron chi connectivity index (χ0n) is 22.7. The lowest BCUT2D eigenvalue weighted by molar-refractivity contribution is 0.236. The molecule has 40 heavy (non-hydrogen) atoms. The molecular formula is C30H32N10. The quantitative estimate of drug-likeness (QED) is 0.263. The van der Waals surface area contributed by atoms with E-state index < -0.39 is 0 Å². The van der Waals surface area contributed by atoms with Crippen LogP contribution >= 0.6 is 0 Å².